The molecule has 0 radical (unpaired) electrons. The van der Waals surface area contributed by atoms with Crippen LogP contribution in [0.5, 0.6) is 5.75 Å². The molecular weight excluding hydrogens is 352 g/mol. The molecule has 3 rings (SSSR count). The summed E-state index contributed by atoms with van der Waals surface area (Å²) >= 11 is 3.69. The number of hydrogen-bond acceptors (Lipinski definition) is 3. The minimum absolute atomic E-state index is 0.0389. The molecule has 1 aliphatic rings. The van der Waals surface area contributed by atoms with Gasteiger partial charge in [0.15, 0.2) is 9.84 Å². The summed E-state index contributed by atoms with van der Waals surface area (Å²) < 4.78 is 28.5. The zero-order valence-corrected chi connectivity index (χ0v) is 13.9. The molecule has 0 saturated carbocycles. The molecule has 0 N–H and O–H groups in total. The van der Waals surface area contributed by atoms with Gasteiger partial charge in [0.25, 0.3) is 0 Å². The van der Waals surface area contributed by atoms with Gasteiger partial charge in [-0.05, 0) is 34.9 Å². The zero-order chi connectivity index (χ0) is 15.0. The maximum absolute atomic E-state index is 11.5. The number of halogens is 1. The van der Waals surface area contributed by atoms with Crippen LogP contribution >= 0.6 is 15.9 Å². The lowest BCUT2D eigenvalue weighted by Crippen LogP contribution is -1.98. The van der Waals surface area contributed by atoms with Crippen molar-refractivity contribution in [3.63, 3.8) is 0 Å². The lowest BCUT2D eigenvalue weighted by atomic mass is 10.0. The molecule has 1 atom stereocenters. The van der Waals surface area contributed by atoms with Crippen molar-refractivity contribution in [3.8, 4) is 5.75 Å². The molecule has 0 bridgehead atoms. The quantitative estimate of drug-likeness (QED) is 0.780. The minimum atomic E-state index is -3.15. The van der Waals surface area contributed by atoms with Crippen LogP contribution < -0.4 is 4.74 Å². The van der Waals surface area contributed by atoms with Crippen molar-refractivity contribution >= 4 is 25.8 Å². The Kier molecular flexibility index (Phi) is 3.80. The Morgan fingerprint density at radius 3 is 2.43 bits per heavy atom. The van der Waals surface area contributed by atoms with E-state index in [4.69, 9.17) is 4.74 Å². The average molecular weight is 367 g/mol. The predicted octanol–water partition coefficient (Wildman–Crippen LogP) is 3.51. The molecule has 0 amide bonds. The fourth-order valence-electron chi connectivity index (χ4n) is 2.44. The van der Waals surface area contributed by atoms with Gasteiger partial charge in [0.05, 0.1) is 16.3 Å². The summed E-state index contributed by atoms with van der Waals surface area (Å²) in [6, 6.07) is 13.2. The third-order valence-electron chi connectivity index (χ3n) is 3.61. The van der Waals surface area contributed by atoms with Crippen LogP contribution in [-0.4, -0.2) is 21.3 Å². The normalized spacial score (nSPS) is 15.3. The van der Waals surface area contributed by atoms with Crippen molar-refractivity contribution in [2.24, 2.45) is 0 Å². The first-order valence-electron chi connectivity index (χ1n) is 6.65. The van der Waals surface area contributed by atoms with E-state index in [1.165, 1.54) is 11.8 Å². The minimum Gasteiger partial charge on any atom is -0.493 e. The van der Waals surface area contributed by atoms with E-state index in [-0.39, 0.29) is 4.83 Å². The molecular formula is C16H15BrO3S. The molecule has 0 saturated heterocycles. The highest BCUT2D eigenvalue weighted by atomic mass is 79.9. The van der Waals surface area contributed by atoms with Gasteiger partial charge in [0.1, 0.15) is 5.75 Å². The first-order chi connectivity index (χ1) is 9.95. The molecule has 2 aromatic rings. The molecule has 21 heavy (non-hydrogen) atoms. The van der Waals surface area contributed by atoms with Gasteiger partial charge in [-0.3, -0.25) is 0 Å². The first kappa shape index (κ1) is 14.6. The van der Waals surface area contributed by atoms with Crippen molar-refractivity contribution in [1.82, 2.24) is 0 Å². The summed E-state index contributed by atoms with van der Waals surface area (Å²) in [7, 11) is -3.15. The molecule has 5 heteroatoms. The Morgan fingerprint density at radius 2 is 1.76 bits per heavy atom. The predicted molar refractivity (Wildman–Crippen MR) is 86.0 cm³/mol. The summed E-state index contributed by atoms with van der Waals surface area (Å²) in [4.78, 5) is 0.380. The van der Waals surface area contributed by atoms with Crippen LogP contribution in [0.4, 0.5) is 0 Å². The van der Waals surface area contributed by atoms with Crippen LogP contribution in [0, 0.1) is 0 Å². The van der Waals surface area contributed by atoms with Crippen LogP contribution in [0.25, 0.3) is 0 Å². The highest BCUT2D eigenvalue weighted by molar-refractivity contribution is 9.09. The Labute approximate surface area is 133 Å². The van der Waals surface area contributed by atoms with E-state index in [0.29, 0.717) is 4.90 Å². The second-order valence-corrected chi connectivity index (χ2v) is 8.10. The van der Waals surface area contributed by atoms with Crippen molar-refractivity contribution in [2.45, 2.75) is 16.1 Å². The van der Waals surface area contributed by atoms with E-state index < -0.39 is 9.84 Å². The number of sulfone groups is 1. The van der Waals surface area contributed by atoms with E-state index in [9.17, 15) is 8.42 Å². The average Bonchev–Trinajstić information content (AvgIpc) is 2.93. The Hall–Kier alpha value is -1.33. The third kappa shape index (κ3) is 2.99. The van der Waals surface area contributed by atoms with E-state index in [2.05, 4.69) is 22.0 Å². The van der Waals surface area contributed by atoms with Crippen molar-refractivity contribution in [1.29, 1.82) is 0 Å². The van der Waals surface area contributed by atoms with Gasteiger partial charge in [0.2, 0.25) is 0 Å². The van der Waals surface area contributed by atoms with Gasteiger partial charge < -0.3 is 4.74 Å². The molecule has 1 aliphatic heterocycles. The summed E-state index contributed by atoms with van der Waals surface area (Å²) in [6.07, 6.45) is 2.16. The Bertz CT molecular complexity index is 767. The summed E-state index contributed by atoms with van der Waals surface area (Å²) in [5, 5.41) is 0. The highest BCUT2D eigenvalue weighted by Crippen LogP contribution is 2.35. The smallest absolute Gasteiger partial charge is 0.175 e. The molecule has 0 fully saturated rings. The fraction of sp³-hybridized carbons (Fsp3) is 0.250. The van der Waals surface area contributed by atoms with Gasteiger partial charge in [-0.25, -0.2) is 8.42 Å². The van der Waals surface area contributed by atoms with Crippen LogP contribution in [0.3, 0.4) is 0 Å². The summed E-state index contributed by atoms with van der Waals surface area (Å²) in [5.74, 6) is 0.964. The Morgan fingerprint density at radius 1 is 1.10 bits per heavy atom. The van der Waals surface area contributed by atoms with Gasteiger partial charge in [-0.15, -0.1) is 0 Å². The van der Waals surface area contributed by atoms with E-state index in [0.717, 1.165) is 29.9 Å². The van der Waals surface area contributed by atoms with E-state index >= 15 is 0 Å². The summed E-state index contributed by atoms with van der Waals surface area (Å²) in [5.41, 5.74) is 3.40. The number of ether oxygens (including phenoxy) is 1. The van der Waals surface area contributed by atoms with Crippen LogP contribution in [-0.2, 0) is 16.3 Å². The monoisotopic (exact) mass is 366 g/mol. The largest absolute Gasteiger partial charge is 0.493 e. The fourth-order valence-corrected chi connectivity index (χ4v) is 3.66. The molecule has 0 aromatic heterocycles. The lowest BCUT2D eigenvalue weighted by molar-refractivity contribution is 0.357. The van der Waals surface area contributed by atoms with Crippen molar-refractivity contribution < 1.29 is 13.2 Å². The number of benzene rings is 2. The van der Waals surface area contributed by atoms with Crippen LogP contribution in [0.15, 0.2) is 47.4 Å². The van der Waals surface area contributed by atoms with Crippen LogP contribution in [0.2, 0.25) is 0 Å². The van der Waals surface area contributed by atoms with E-state index in [1.54, 1.807) is 12.1 Å². The number of rotatable bonds is 3. The van der Waals surface area contributed by atoms with E-state index in [1.807, 2.05) is 24.3 Å². The van der Waals surface area contributed by atoms with Crippen molar-refractivity contribution in [3.05, 3.63) is 59.2 Å². The maximum Gasteiger partial charge on any atom is 0.175 e. The maximum atomic E-state index is 11.5. The van der Waals surface area contributed by atoms with Crippen LogP contribution in [0.1, 0.15) is 21.5 Å². The number of hydrogen-bond donors (Lipinski definition) is 0. The third-order valence-corrected chi connectivity index (χ3v) is 5.79. The first-order valence-corrected chi connectivity index (χ1v) is 9.45. The topological polar surface area (TPSA) is 43.4 Å². The molecule has 1 unspecified atom stereocenters. The van der Waals surface area contributed by atoms with Crippen molar-refractivity contribution in [2.75, 3.05) is 12.9 Å². The molecule has 1 heterocycles. The standard InChI is InChI=1S/C16H15BrO3S/c1-21(18,19)14-5-2-11(3-6-14)16(17)13-4-7-15-12(10-13)8-9-20-15/h2-7,10,16H,8-9H2,1H3. The molecule has 110 valence electrons. The summed E-state index contributed by atoms with van der Waals surface area (Å²) in [6.45, 7) is 0.745. The van der Waals surface area contributed by atoms with Gasteiger partial charge in [-0.1, -0.05) is 40.2 Å². The molecule has 3 nitrogen and oxygen atoms in total. The Balaban J connectivity index is 1.90. The molecule has 2 aromatic carbocycles. The SMILES string of the molecule is CS(=O)(=O)c1ccc(C(Br)c2ccc3c(c2)CCO3)cc1. The highest BCUT2D eigenvalue weighted by Gasteiger charge is 2.17. The lowest BCUT2D eigenvalue weighted by Gasteiger charge is -2.12. The molecule has 0 spiro atoms. The number of fused-ring (bicyclic) bond motifs is 1. The van der Waals surface area contributed by atoms with Gasteiger partial charge >= 0.3 is 0 Å². The van der Waals surface area contributed by atoms with Gasteiger partial charge in [-0.2, -0.15) is 0 Å². The number of alkyl halides is 1. The van der Waals surface area contributed by atoms with Gasteiger partial charge in [0, 0.05) is 12.7 Å². The zero-order valence-electron chi connectivity index (χ0n) is 11.5. The second-order valence-electron chi connectivity index (χ2n) is 5.17. The second kappa shape index (κ2) is 5.46. The molecule has 0 aliphatic carbocycles.